The van der Waals surface area contributed by atoms with Crippen LogP contribution in [0.3, 0.4) is 0 Å². The van der Waals surface area contributed by atoms with Gasteiger partial charge in [-0.1, -0.05) is 17.3 Å². The monoisotopic (exact) mass is 167 g/mol. The van der Waals surface area contributed by atoms with Crippen LogP contribution < -0.4 is 0 Å². The molecule has 1 aromatic rings. The zero-order chi connectivity index (χ0) is 8.97. The summed E-state index contributed by atoms with van der Waals surface area (Å²) in [6.07, 6.45) is 0.480. The Morgan fingerprint density at radius 3 is 2.92 bits per heavy atom. The highest BCUT2D eigenvalue weighted by atomic mass is 19.1. The quantitative estimate of drug-likeness (QED) is 0.409. The summed E-state index contributed by atoms with van der Waals surface area (Å²) in [6.45, 7) is 1.69. The number of hydrogen-bond acceptors (Lipinski definition) is 2. The van der Waals surface area contributed by atoms with Gasteiger partial charge in [0.25, 0.3) is 0 Å². The van der Waals surface area contributed by atoms with E-state index >= 15 is 0 Å². The van der Waals surface area contributed by atoms with Gasteiger partial charge in [0.2, 0.25) is 0 Å². The lowest BCUT2D eigenvalue weighted by atomic mass is 10.1. The van der Waals surface area contributed by atoms with Crippen LogP contribution in [-0.4, -0.2) is 10.9 Å². The van der Waals surface area contributed by atoms with Crippen LogP contribution in [0.1, 0.15) is 12.5 Å². The molecule has 1 N–H and O–H groups in total. The van der Waals surface area contributed by atoms with E-state index in [1.54, 1.807) is 19.1 Å². The van der Waals surface area contributed by atoms with Gasteiger partial charge < -0.3 is 5.21 Å². The largest absolute Gasteiger partial charge is 0.411 e. The third kappa shape index (κ3) is 2.34. The second-order valence-corrected chi connectivity index (χ2v) is 2.64. The highest BCUT2D eigenvalue weighted by Crippen LogP contribution is 2.04. The summed E-state index contributed by atoms with van der Waals surface area (Å²) in [4.78, 5) is 0. The molecule has 0 aliphatic rings. The molecule has 0 spiro atoms. The molecule has 0 saturated carbocycles. The SMILES string of the molecule is CC(Cc1cccc(F)c1)=NO. The van der Waals surface area contributed by atoms with E-state index in [1.807, 2.05) is 0 Å². The van der Waals surface area contributed by atoms with Gasteiger partial charge in [-0.15, -0.1) is 0 Å². The first-order valence-electron chi connectivity index (χ1n) is 3.64. The topological polar surface area (TPSA) is 32.6 Å². The standard InChI is InChI=1S/C9H10FNO/c1-7(11-12)5-8-3-2-4-9(10)6-8/h2-4,6,12H,5H2,1H3. The number of rotatable bonds is 2. The van der Waals surface area contributed by atoms with Gasteiger partial charge in [-0.2, -0.15) is 0 Å². The normalized spacial score (nSPS) is 11.7. The highest BCUT2D eigenvalue weighted by molar-refractivity contribution is 5.83. The molecule has 0 aliphatic heterocycles. The van der Waals surface area contributed by atoms with Crippen LogP contribution in [0.5, 0.6) is 0 Å². The van der Waals surface area contributed by atoms with Crippen LogP contribution in [0.4, 0.5) is 4.39 Å². The van der Waals surface area contributed by atoms with Crippen molar-refractivity contribution in [1.29, 1.82) is 0 Å². The Kier molecular flexibility index (Phi) is 2.80. The van der Waals surface area contributed by atoms with E-state index in [9.17, 15) is 4.39 Å². The van der Waals surface area contributed by atoms with Crippen LogP contribution in [0, 0.1) is 5.82 Å². The Morgan fingerprint density at radius 1 is 1.58 bits per heavy atom. The minimum Gasteiger partial charge on any atom is -0.411 e. The van der Waals surface area contributed by atoms with Gasteiger partial charge in [-0.25, -0.2) is 4.39 Å². The molecule has 0 unspecified atom stereocenters. The molecule has 12 heavy (non-hydrogen) atoms. The first-order valence-corrected chi connectivity index (χ1v) is 3.64. The van der Waals surface area contributed by atoms with Gasteiger partial charge >= 0.3 is 0 Å². The first-order chi connectivity index (χ1) is 5.72. The minimum absolute atomic E-state index is 0.266. The minimum atomic E-state index is -0.266. The van der Waals surface area contributed by atoms with E-state index < -0.39 is 0 Å². The maximum absolute atomic E-state index is 12.6. The summed E-state index contributed by atoms with van der Waals surface area (Å²) in [5.41, 5.74) is 1.38. The molecule has 1 aromatic carbocycles. The maximum atomic E-state index is 12.6. The molecule has 2 nitrogen and oxygen atoms in total. The molecule has 0 heterocycles. The number of halogens is 1. The van der Waals surface area contributed by atoms with Gasteiger partial charge in [0.15, 0.2) is 0 Å². The summed E-state index contributed by atoms with van der Waals surface area (Å²) in [6, 6.07) is 6.23. The molecule has 0 radical (unpaired) electrons. The van der Waals surface area contributed by atoms with Gasteiger partial charge in [0, 0.05) is 6.42 Å². The van der Waals surface area contributed by atoms with Crippen LogP contribution in [0.2, 0.25) is 0 Å². The second-order valence-electron chi connectivity index (χ2n) is 2.64. The molecule has 0 saturated heterocycles. The Morgan fingerprint density at radius 2 is 2.33 bits per heavy atom. The van der Waals surface area contributed by atoms with Gasteiger partial charge in [0.05, 0.1) is 5.71 Å². The summed E-state index contributed by atoms with van der Waals surface area (Å²) >= 11 is 0. The van der Waals surface area contributed by atoms with E-state index in [0.717, 1.165) is 5.56 Å². The molecule has 3 heteroatoms. The Balaban J connectivity index is 2.76. The number of benzene rings is 1. The number of oxime groups is 1. The molecule has 0 fully saturated rings. The Hall–Kier alpha value is -1.38. The van der Waals surface area contributed by atoms with E-state index in [4.69, 9.17) is 5.21 Å². The van der Waals surface area contributed by atoms with Gasteiger partial charge in [0.1, 0.15) is 5.82 Å². The van der Waals surface area contributed by atoms with E-state index in [2.05, 4.69) is 5.16 Å². The predicted octanol–water partition coefficient (Wildman–Crippen LogP) is 2.22. The van der Waals surface area contributed by atoms with Crippen molar-refractivity contribution in [1.82, 2.24) is 0 Å². The lowest BCUT2D eigenvalue weighted by Crippen LogP contribution is -1.97. The van der Waals surface area contributed by atoms with Crippen molar-refractivity contribution < 1.29 is 9.60 Å². The van der Waals surface area contributed by atoms with E-state index in [1.165, 1.54) is 12.1 Å². The molecule has 64 valence electrons. The van der Waals surface area contributed by atoms with Crippen molar-refractivity contribution in [3.05, 3.63) is 35.6 Å². The first kappa shape index (κ1) is 8.71. The molecular formula is C9H10FNO. The Bertz CT molecular complexity index is 296. The van der Waals surface area contributed by atoms with Crippen molar-refractivity contribution >= 4 is 5.71 Å². The lowest BCUT2D eigenvalue weighted by molar-refractivity contribution is 0.317. The van der Waals surface area contributed by atoms with Crippen molar-refractivity contribution in [2.75, 3.05) is 0 Å². The van der Waals surface area contributed by atoms with E-state index in [-0.39, 0.29) is 5.82 Å². The summed E-state index contributed by atoms with van der Waals surface area (Å²) in [7, 11) is 0. The lowest BCUT2D eigenvalue weighted by Gasteiger charge is -1.98. The fourth-order valence-electron chi connectivity index (χ4n) is 0.978. The van der Waals surface area contributed by atoms with Crippen molar-refractivity contribution in [2.24, 2.45) is 5.16 Å². The molecular weight excluding hydrogens is 157 g/mol. The summed E-state index contributed by atoms with van der Waals surface area (Å²) < 4.78 is 12.6. The van der Waals surface area contributed by atoms with Crippen molar-refractivity contribution in [3.8, 4) is 0 Å². The van der Waals surface area contributed by atoms with Crippen molar-refractivity contribution in [2.45, 2.75) is 13.3 Å². The second kappa shape index (κ2) is 3.85. The van der Waals surface area contributed by atoms with Crippen LogP contribution in [0.15, 0.2) is 29.4 Å². The average molecular weight is 167 g/mol. The average Bonchev–Trinajstić information content (AvgIpc) is 2.04. The summed E-state index contributed by atoms with van der Waals surface area (Å²) in [5, 5.41) is 11.4. The van der Waals surface area contributed by atoms with Gasteiger partial charge in [-0.05, 0) is 24.6 Å². The zero-order valence-corrected chi connectivity index (χ0v) is 6.79. The van der Waals surface area contributed by atoms with Crippen LogP contribution in [0.25, 0.3) is 0 Å². The maximum Gasteiger partial charge on any atom is 0.123 e. The molecule has 0 aliphatic carbocycles. The highest BCUT2D eigenvalue weighted by Gasteiger charge is 1.97. The Labute approximate surface area is 70.3 Å². The molecule has 0 atom stereocenters. The molecule has 0 bridgehead atoms. The third-order valence-electron chi connectivity index (χ3n) is 1.52. The molecule has 0 amide bonds. The fourth-order valence-corrected chi connectivity index (χ4v) is 0.978. The van der Waals surface area contributed by atoms with E-state index in [0.29, 0.717) is 12.1 Å². The number of nitrogens with zero attached hydrogens (tertiary/aromatic N) is 1. The zero-order valence-electron chi connectivity index (χ0n) is 6.79. The third-order valence-corrected chi connectivity index (χ3v) is 1.52. The summed E-state index contributed by atoms with van der Waals surface area (Å²) in [5.74, 6) is -0.266. The molecule has 1 rings (SSSR count). The van der Waals surface area contributed by atoms with Gasteiger partial charge in [-0.3, -0.25) is 0 Å². The fraction of sp³-hybridized carbons (Fsp3) is 0.222. The number of hydrogen-bond donors (Lipinski definition) is 1. The molecule has 0 aromatic heterocycles. The van der Waals surface area contributed by atoms with Crippen LogP contribution in [-0.2, 0) is 6.42 Å². The van der Waals surface area contributed by atoms with Crippen LogP contribution >= 0.6 is 0 Å². The van der Waals surface area contributed by atoms with Crippen molar-refractivity contribution in [3.63, 3.8) is 0 Å². The smallest absolute Gasteiger partial charge is 0.123 e. The predicted molar refractivity (Wildman–Crippen MR) is 45.0 cm³/mol.